The van der Waals surface area contributed by atoms with Crippen LogP contribution >= 0.6 is 0 Å². The van der Waals surface area contributed by atoms with E-state index in [0.717, 1.165) is 41.6 Å². The van der Waals surface area contributed by atoms with Crippen LogP contribution in [0.1, 0.15) is 24.2 Å². The van der Waals surface area contributed by atoms with Crippen molar-refractivity contribution in [3.63, 3.8) is 0 Å². The summed E-state index contributed by atoms with van der Waals surface area (Å²) in [7, 11) is 3.23. The standard InChI is InChI=1S/C14H14N4O2.C13H18N2O/c1-19-9-5-8(6-10(7-9)20-2)12-4-3-11-13(15)17-18-14(11)16-12;1-10-7-15(8-11(2)14-10)13-5-3-12(9-16)4-6-13/h3-7H,1-2H3,(H3,15,16,17,18);3-6,9-11,14H,7-8H2,1-2H3. The first-order valence-corrected chi connectivity index (χ1v) is 11.8. The maximum Gasteiger partial charge on any atom is 0.183 e. The number of piperazine rings is 1. The second kappa shape index (κ2) is 11.1. The Balaban J connectivity index is 0.000000174. The molecule has 2 unspecified atom stereocenters. The highest BCUT2D eigenvalue weighted by Gasteiger charge is 2.20. The van der Waals surface area contributed by atoms with Crippen LogP contribution in [0.4, 0.5) is 11.5 Å². The largest absolute Gasteiger partial charge is 0.497 e. The number of methoxy groups -OCH3 is 2. The summed E-state index contributed by atoms with van der Waals surface area (Å²) in [6, 6.07) is 18.2. The first kappa shape index (κ1) is 25.0. The summed E-state index contributed by atoms with van der Waals surface area (Å²) in [6.45, 7) is 6.43. The summed E-state index contributed by atoms with van der Waals surface area (Å²) in [5, 5.41) is 11.1. The molecule has 0 spiro atoms. The van der Waals surface area contributed by atoms with Crippen LogP contribution in [0.15, 0.2) is 54.6 Å². The Labute approximate surface area is 210 Å². The van der Waals surface area contributed by atoms with E-state index in [1.807, 2.05) is 54.6 Å². The van der Waals surface area contributed by atoms with Crippen molar-refractivity contribution in [1.29, 1.82) is 0 Å². The van der Waals surface area contributed by atoms with E-state index in [9.17, 15) is 4.79 Å². The number of hydrogen-bond donors (Lipinski definition) is 3. The number of nitrogens with two attached hydrogens (primary N) is 1. The fraction of sp³-hybridized carbons (Fsp3) is 0.296. The lowest BCUT2D eigenvalue weighted by Crippen LogP contribution is -2.54. The average Bonchev–Trinajstić information content (AvgIpc) is 3.28. The molecule has 9 nitrogen and oxygen atoms in total. The quantitative estimate of drug-likeness (QED) is 0.362. The zero-order chi connectivity index (χ0) is 25.7. The minimum atomic E-state index is 0.509. The maximum atomic E-state index is 10.6. The molecule has 0 bridgehead atoms. The van der Waals surface area contributed by atoms with E-state index in [0.29, 0.717) is 35.0 Å². The monoisotopic (exact) mass is 488 g/mol. The van der Waals surface area contributed by atoms with Crippen LogP contribution in [0.2, 0.25) is 0 Å². The molecule has 2 aromatic carbocycles. The molecule has 0 saturated carbocycles. The molecule has 0 aliphatic carbocycles. The molecule has 3 heterocycles. The Morgan fingerprint density at radius 2 is 1.61 bits per heavy atom. The van der Waals surface area contributed by atoms with Crippen LogP contribution in [-0.2, 0) is 0 Å². The Hall–Kier alpha value is -4.11. The van der Waals surface area contributed by atoms with Crippen molar-refractivity contribution >= 4 is 28.8 Å². The number of aromatic nitrogens is 3. The van der Waals surface area contributed by atoms with Crippen LogP contribution < -0.4 is 25.4 Å². The van der Waals surface area contributed by atoms with Gasteiger partial charge in [-0.15, -0.1) is 0 Å². The second-order valence-electron chi connectivity index (χ2n) is 8.89. The van der Waals surface area contributed by atoms with Gasteiger partial charge in [-0.1, -0.05) is 0 Å². The zero-order valence-corrected chi connectivity index (χ0v) is 21.0. The van der Waals surface area contributed by atoms with Crippen LogP contribution in [0, 0.1) is 0 Å². The molecule has 0 radical (unpaired) electrons. The van der Waals surface area contributed by atoms with Crippen molar-refractivity contribution in [1.82, 2.24) is 20.5 Å². The van der Waals surface area contributed by atoms with Crippen molar-refractivity contribution in [3.05, 3.63) is 60.2 Å². The topological polar surface area (TPSA) is 118 Å². The molecule has 0 amide bonds. The first-order chi connectivity index (χ1) is 17.4. The molecule has 1 fully saturated rings. The lowest BCUT2D eigenvalue weighted by atomic mass is 10.1. The molecule has 36 heavy (non-hydrogen) atoms. The summed E-state index contributed by atoms with van der Waals surface area (Å²) in [5.74, 6) is 1.94. The number of carbonyl (C=O) groups is 1. The Bertz CT molecular complexity index is 1290. The van der Waals surface area contributed by atoms with E-state index in [2.05, 4.69) is 39.2 Å². The van der Waals surface area contributed by atoms with E-state index in [4.69, 9.17) is 15.2 Å². The van der Waals surface area contributed by atoms with Gasteiger partial charge in [-0.2, -0.15) is 5.10 Å². The molecule has 1 aliphatic rings. The Morgan fingerprint density at radius 3 is 2.19 bits per heavy atom. The molecular formula is C27H32N6O3. The zero-order valence-electron chi connectivity index (χ0n) is 21.0. The highest BCUT2D eigenvalue weighted by Crippen LogP contribution is 2.30. The number of rotatable bonds is 5. The van der Waals surface area contributed by atoms with Crippen LogP contribution in [0.5, 0.6) is 11.5 Å². The van der Waals surface area contributed by atoms with Gasteiger partial charge in [0.1, 0.15) is 23.6 Å². The van der Waals surface area contributed by atoms with Crippen molar-refractivity contribution in [2.75, 3.05) is 37.9 Å². The van der Waals surface area contributed by atoms with Crippen LogP contribution in [0.3, 0.4) is 0 Å². The summed E-state index contributed by atoms with van der Waals surface area (Å²) in [5.41, 5.74) is 9.95. The number of H-pyrrole nitrogens is 1. The minimum Gasteiger partial charge on any atom is -0.497 e. The summed E-state index contributed by atoms with van der Waals surface area (Å²) < 4.78 is 10.5. The Morgan fingerprint density at radius 1 is 0.972 bits per heavy atom. The summed E-state index contributed by atoms with van der Waals surface area (Å²) >= 11 is 0. The fourth-order valence-corrected chi connectivity index (χ4v) is 4.33. The van der Waals surface area contributed by atoms with Gasteiger partial charge >= 0.3 is 0 Å². The minimum absolute atomic E-state index is 0.509. The van der Waals surface area contributed by atoms with E-state index in [1.54, 1.807) is 14.2 Å². The third-order valence-corrected chi connectivity index (χ3v) is 6.05. The fourth-order valence-electron chi connectivity index (χ4n) is 4.33. The third-order valence-electron chi connectivity index (χ3n) is 6.05. The van der Waals surface area contributed by atoms with Gasteiger partial charge in [0.25, 0.3) is 0 Å². The molecular weight excluding hydrogens is 456 g/mol. The van der Waals surface area contributed by atoms with Crippen LogP contribution in [0.25, 0.3) is 22.3 Å². The van der Waals surface area contributed by atoms with Gasteiger partial charge in [0.15, 0.2) is 5.65 Å². The molecule has 2 atom stereocenters. The highest BCUT2D eigenvalue weighted by molar-refractivity contribution is 5.87. The van der Waals surface area contributed by atoms with Gasteiger partial charge < -0.3 is 25.4 Å². The lowest BCUT2D eigenvalue weighted by Gasteiger charge is -2.37. The smallest absolute Gasteiger partial charge is 0.183 e. The highest BCUT2D eigenvalue weighted by atomic mass is 16.5. The second-order valence-corrected chi connectivity index (χ2v) is 8.89. The molecule has 1 aliphatic heterocycles. The van der Waals surface area contributed by atoms with E-state index < -0.39 is 0 Å². The first-order valence-electron chi connectivity index (χ1n) is 11.8. The SMILES string of the molecule is CC1CN(c2ccc(C=O)cc2)CC(C)N1.COc1cc(OC)cc(-c2ccc3c(N)[nH]nc3n2)c1. The van der Waals surface area contributed by atoms with Crippen LogP contribution in [-0.4, -0.2) is 60.9 Å². The lowest BCUT2D eigenvalue weighted by molar-refractivity contribution is 0.112. The normalized spacial score (nSPS) is 17.3. The molecule has 4 aromatic rings. The predicted molar refractivity (Wildman–Crippen MR) is 143 cm³/mol. The number of nitrogens with one attached hydrogen (secondary N) is 2. The summed E-state index contributed by atoms with van der Waals surface area (Å²) in [6.07, 6.45) is 0.882. The van der Waals surface area contributed by atoms with Crippen molar-refractivity contribution in [2.45, 2.75) is 25.9 Å². The van der Waals surface area contributed by atoms with E-state index in [-0.39, 0.29) is 0 Å². The molecule has 2 aromatic heterocycles. The van der Waals surface area contributed by atoms with Gasteiger partial charge in [0.2, 0.25) is 0 Å². The number of aromatic amines is 1. The van der Waals surface area contributed by atoms with Gasteiger partial charge in [-0.3, -0.25) is 9.89 Å². The third kappa shape index (κ3) is 5.75. The number of carbonyl (C=O) groups excluding carboxylic acids is 1. The number of ether oxygens (including phenoxy) is 2. The number of fused-ring (bicyclic) bond motifs is 1. The van der Waals surface area contributed by atoms with Crippen molar-refractivity contribution < 1.29 is 14.3 Å². The predicted octanol–water partition coefficient (Wildman–Crippen LogP) is 3.91. The van der Waals surface area contributed by atoms with Crippen molar-refractivity contribution in [3.8, 4) is 22.8 Å². The molecule has 5 rings (SSSR count). The van der Waals surface area contributed by atoms with Gasteiger partial charge in [-0.25, -0.2) is 4.98 Å². The van der Waals surface area contributed by atoms with E-state index in [1.165, 1.54) is 5.69 Å². The van der Waals surface area contributed by atoms with Gasteiger partial charge in [0.05, 0.1) is 25.3 Å². The Kier molecular flexibility index (Phi) is 7.70. The molecule has 1 saturated heterocycles. The number of hydrogen-bond acceptors (Lipinski definition) is 8. The maximum absolute atomic E-state index is 10.6. The average molecular weight is 489 g/mol. The number of nitrogen functional groups attached to an aromatic ring is 1. The number of benzene rings is 2. The number of pyridine rings is 1. The van der Waals surface area contributed by atoms with Crippen molar-refractivity contribution in [2.24, 2.45) is 0 Å². The van der Waals surface area contributed by atoms with Gasteiger partial charge in [-0.05, 0) is 62.4 Å². The summed E-state index contributed by atoms with van der Waals surface area (Å²) in [4.78, 5) is 17.4. The number of nitrogens with zero attached hydrogens (tertiary/aromatic N) is 3. The van der Waals surface area contributed by atoms with Gasteiger partial charge in [0, 0.05) is 48.1 Å². The molecule has 188 valence electrons. The molecule has 9 heteroatoms. The molecule has 4 N–H and O–H groups in total. The van der Waals surface area contributed by atoms with E-state index >= 15 is 0 Å². The number of anilines is 2. The number of aldehydes is 1.